The zero-order valence-electron chi connectivity index (χ0n) is 15.2. The van der Waals surface area contributed by atoms with Crippen LogP contribution in [-0.2, 0) is 0 Å². The molecule has 5 rings (SSSR count). The van der Waals surface area contributed by atoms with Crippen LogP contribution in [0.3, 0.4) is 0 Å². The number of thioether (sulfide) groups is 2. The first-order chi connectivity index (χ1) is 13.7. The summed E-state index contributed by atoms with van der Waals surface area (Å²) in [7, 11) is 0. The summed E-state index contributed by atoms with van der Waals surface area (Å²) in [6.45, 7) is 2.10. The molecule has 0 saturated carbocycles. The minimum atomic E-state index is -0.223. The first-order valence-electron chi connectivity index (χ1n) is 9.07. The average Bonchev–Trinajstić information content (AvgIpc) is 3.21. The SMILES string of the molecule is Cc1ccc(S[C@@H]2CSc3nc(=O)c4cn[nH]c4n3[C@H]2c2ccccc2)cc1. The molecule has 7 heteroatoms. The third-order valence-corrected chi connectivity index (χ3v) is 7.50. The maximum atomic E-state index is 12.4. The highest BCUT2D eigenvalue weighted by Gasteiger charge is 2.34. The predicted molar refractivity (Wildman–Crippen MR) is 114 cm³/mol. The fraction of sp³-hybridized carbons (Fsp3) is 0.190. The number of nitrogens with one attached hydrogen (secondary N) is 1. The fourth-order valence-electron chi connectivity index (χ4n) is 3.59. The zero-order chi connectivity index (χ0) is 19.1. The molecule has 1 aliphatic heterocycles. The molecule has 0 bridgehead atoms. The van der Waals surface area contributed by atoms with Crippen molar-refractivity contribution >= 4 is 34.6 Å². The van der Waals surface area contributed by atoms with Crippen molar-refractivity contribution in [2.45, 2.75) is 28.3 Å². The van der Waals surface area contributed by atoms with Gasteiger partial charge in [0.1, 0.15) is 11.0 Å². The van der Waals surface area contributed by atoms with Crippen molar-refractivity contribution in [2.24, 2.45) is 0 Å². The third-order valence-electron chi connectivity index (χ3n) is 4.95. The first kappa shape index (κ1) is 17.6. The lowest BCUT2D eigenvalue weighted by Crippen LogP contribution is -2.33. The summed E-state index contributed by atoms with van der Waals surface area (Å²) in [6, 6.07) is 19.1. The van der Waals surface area contributed by atoms with Crippen molar-refractivity contribution in [3.05, 3.63) is 82.3 Å². The monoisotopic (exact) mass is 406 g/mol. The average molecular weight is 407 g/mol. The molecular weight excluding hydrogens is 388 g/mol. The minimum absolute atomic E-state index is 0.0554. The van der Waals surface area contributed by atoms with Crippen LogP contribution >= 0.6 is 23.5 Å². The van der Waals surface area contributed by atoms with E-state index in [1.807, 2.05) is 17.8 Å². The van der Waals surface area contributed by atoms with E-state index in [9.17, 15) is 4.79 Å². The molecule has 0 radical (unpaired) electrons. The second-order valence-electron chi connectivity index (χ2n) is 6.84. The third kappa shape index (κ3) is 3.04. The Labute approximate surface area is 170 Å². The van der Waals surface area contributed by atoms with Crippen molar-refractivity contribution < 1.29 is 0 Å². The number of benzene rings is 2. The highest BCUT2D eigenvalue weighted by Crippen LogP contribution is 2.43. The van der Waals surface area contributed by atoms with Crippen LogP contribution in [0.2, 0.25) is 0 Å². The van der Waals surface area contributed by atoms with Gasteiger partial charge in [0.2, 0.25) is 0 Å². The highest BCUT2D eigenvalue weighted by atomic mass is 32.2. The molecule has 140 valence electrons. The molecule has 2 atom stereocenters. The smallest absolute Gasteiger partial charge is 0.284 e. The Kier molecular flexibility index (Phi) is 4.49. The van der Waals surface area contributed by atoms with Crippen LogP contribution < -0.4 is 5.56 Å². The quantitative estimate of drug-likeness (QED) is 0.515. The minimum Gasteiger partial charge on any atom is -0.296 e. The summed E-state index contributed by atoms with van der Waals surface area (Å²) in [5.74, 6) is 0.879. The van der Waals surface area contributed by atoms with Crippen LogP contribution in [0.1, 0.15) is 17.2 Å². The van der Waals surface area contributed by atoms with Crippen molar-refractivity contribution in [1.29, 1.82) is 0 Å². The molecule has 1 N–H and O–H groups in total. The molecule has 0 amide bonds. The summed E-state index contributed by atoms with van der Waals surface area (Å²) < 4.78 is 2.15. The van der Waals surface area contributed by atoms with E-state index in [1.165, 1.54) is 16.0 Å². The standard InChI is InChI=1S/C21H18N4OS2/c1-13-7-9-15(10-8-13)28-17-12-27-21-23-20(26)16-11-22-24-19(16)25(21)18(17)14-5-3-2-4-6-14/h2-11,17-18H,12H2,1H3,(H,22,24)/t17-,18+/m1/s1. The largest absolute Gasteiger partial charge is 0.296 e. The molecule has 0 aliphatic carbocycles. The molecular formula is C21H18N4OS2. The molecule has 3 heterocycles. The molecule has 0 fully saturated rings. The van der Waals surface area contributed by atoms with Gasteiger partial charge < -0.3 is 0 Å². The Morgan fingerprint density at radius 1 is 1.14 bits per heavy atom. The van der Waals surface area contributed by atoms with Gasteiger partial charge in [0.15, 0.2) is 5.16 Å². The van der Waals surface area contributed by atoms with Gasteiger partial charge in [-0.15, -0.1) is 11.8 Å². The van der Waals surface area contributed by atoms with Crippen molar-refractivity contribution in [2.75, 3.05) is 5.75 Å². The number of rotatable bonds is 3. The maximum Gasteiger partial charge on any atom is 0.284 e. The van der Waals surface area contributed by atoms with Crippen molar-refractivity contribution in [3.63, 3.8) is 0 Å². The molecule has 0 spiro atoms. The van der Waals surface area contributed by atoms with Gasteiger partial charge in [-0.1, -0.05) is 59.8 Å². The van der Waals surface area contributed by atoms with E-state index in [4.69, 9.17) is 0 Å². The summed E-state index contributed by atoms with van der Waals surface area (Å²) in [6.07, 6.45) is 1.57. The van der Waals surface area contributed by atoms with Crippen LogP contribution in [0.4, 0.5) is 0 Å². The van der Waals surface area contributed by atoms with Gasteiger partial charge in [-0.3, -0.25) is 14.5 Å². The Hall–Kier alpha value is -2.51. The maximum absolute atomic E-state index is 12.4. The molecule has 0 unspecified atom stereocenters. The van der Waals surface area contributed by atoms with Crippen molar-refractivity contribution in [1.82, 2.24) is 19.7 Å². The van der Waals surface area contributed by atoms with Gasteiger partial charge in [-0.25, -0.2) is 0 Å². The van der Waals surface area contributed by atoms with Gasteiger partial charge in [-0.2, -0.15) is 10.1 Å². The van der Waals surface area contributed by atoms with Gasteiger partial charge >= 0.3 is 0 Å². The molecule has 1 aliphatic rings. The lowest BCUT2D eigenvalue weighted by molar-refractivity contribution is 0.519. The second kappa shape index (κ2) is 7.14. The van der Waals surface area contributed by atoms with Gasteiger partial charge in [0.05, 0.1) is 12.2 Å². The van der Waals surface area contributed by atoms with Gasteiger partial charge in [0.25, 0.3) is 5.56 Å². The van der Waals surface area contributed by atoms with Crippen LogP contribution in [0.15, 0.2) is 75.6 Å². The van der Waals surface area contributed by atoms with E-state index in [1.54, 1.807) is 18.0 Å². The van der Waals surface area contributed by atoms with E-state index in [2.05, 4.69) is 75.2 Å². The molecule has 0 saturated heterocycles. The Morgan fingerprint density at radius 2 is 1.93 bits per heavy atom. The normalized spacial score (nSPS) is 18.9. The molecule has 28 heavy (non-hydrogen) atoms. The van der Waals surface area contributed by atoms with E-state index in [-0.39, 0.29) is 11.6 Å². The number of aryl methyl sites for hydroxylation is 1. The number of nitrogens with zero attached hydrogens (tertiary/aromatic N) is 3. The topological polar surface area (TPSA) is 63.6 Å². The fourth-order valence-corrected chi connectivity index (χ4v) is 6.11. The van der Waals surface area contributed by atoms with Crippen molar-refractivity contribution in [3.8, 4) is 0 Å². The van der Waals surface area contributed by atoms with Gasteiger partial charge in [0, 0.05) is 15.9 Å². The number of aromatic nitrogens is 4. The van der Waals surface area contributed by atoms with E-state index >= 15 is 0 Å². The van der Waals surface area contributed by atoms with Gasteiger partial charge in [-0.05, 0) is 24.6 Å². The van der Waals surface area contributed by atoms with Crippen LogP contribution in [-0.4, -0.2) is 30.8 Å². The number of fused-ring (bicyclic) bond motifs is 3. The lowest BCUT2D eigenvalue weighted by Gasteiger charge is -2.34. The van der Waals surface area contributed by atoms with E-state index in [0.717, 1.165) is 16.6 Å². The molecule has 2 aromatic carbocycles. The van der Waals surface area contributed by atoms with E-state index in [0.29, 0.717) is 10.6 Å². The lowest BCUT2D eigenvalue weighted by atomic mass is 10.0. The number of hydrogen-bond acceptors (Lipinski definition) is 5. The number of H-pyrrole nitrogens is 1. The Morgan fingerprint density at radius 3 is 2.71 bits per heavy atom. The second-order valence-corrected chi connectivity index (χ2v) is 9.14. The Bertz CT molecular complexity index is 1180. The summed E-state index contributed by atoms with van der Waals surface area (Å²) in [5.41, 5.74) is 2.98. The zero-order valence-corrected chi connectivity index (χ0v) is 16.8. The van der Waals surface area contributed by atoms with Crippen LogP contribution in [0, 0.1) is 6.92 Å². The van der Waals surface area contributed by atoms with E-state index < -0.39 is 0 Å². The predicted octanol–water partition coefficient (Wildman–Crippen LogP) is 4.28. The summed E-state index contributed by atoms with van der Waals surface area (Å²) in [5, 5.41) is 8.72. The number of aromatic amines is 1. The Balaban J connectivity index is 1.66. The van der Waals surface area contributed by atoms with Crippen LogP contribution in [0.25, 0.3) is 11.0 Å². The molecule has 5 nitrogen and oxygen atoms in total. The highest BCUT2D eigenvalue weighted by molar-refractivity contribution is 8.03. The first-order valence-corrected chi connectivity index (χ1v) is 10.9. The number of hydrogen-bond donors (Lipinski definition) is 1. The molecule has 2 aromatic heterocycles. The summed E-state index contributed by atoms with van der Waals surface area (Å²) in [4.78, 5) is 17.9. The van der Waals surface area contributed by atoms with Crippen LogP contribution in [0.5, 0.6) is 0 Å². The summed E-state index contributed by atoms with van der Waals surface area (Å²) >= 11 is 3.51. The molecule has 4 aromatic rings.